The zero-order chi connectivity index (χ0) is 18.3. The number of rotatable bonds is 10. The number of nitrogens with zero attached hydrogens (tertiary/aromatic N) is 1. The Hall–Kier alpha value is -0.380. The van der Waals surface area contributed by atoms with Gasteiger partial charge in [-0.05, 0) is 43.6 Å². The van der Waals surface area contributed by atoms with Crippen molar-refractivity contribution < 1.29 is 9.47 Å². The molecular weight excluding hydrogens is 310 g/mol. The van der Waals surface area contributed by atoms with Crippen molar-refractivity contribution in [3.63, 3.8) is 0 Å². The number of hydrogen-bond acceptors (Lipinski definition) is 3. The lowest BCUT2D eigenvalue weighted by Crippen LogP contribution is -2.39. The fourth-order valence-electron chi connectivity index (χ4n) is 4.33. The molecule has 2 fully saturated rings. The minimum absolute atomic E-state index is 0.266. The second kappa shape index (κ2) is 9.53. The highest BCUT2D eigenvalue weighted by Gasteiger charge is 2.46. The van der Waals surface area contributed by atoms with E-state index in [0.717, 1.165) is 51.4 Å². The van der Waals surface area contributed by atoms with Crippen LogP contribution in [0, 0.1) is 11.3 Å². The topological polar surface area (TPSA) is 21.7 Å². The predicted molar refractivity (Wildman–Crippen MR) is 106 cm³/mol. The van der Waals surface area contributed by atoms with Gasteiger partial charge in [-0.15, -0.1) is 6.58 Å². The van der Waals surface area contributed by atoms with Gasteiger partial charge in [-0.3, -0.25) is 4.90 Å². The summed E-state index contributed by atoms with van der Waals surface area (Å²) in [6, 6.07) is 0. The number of unbranched alkanes of at least 4 members (excludes halogenated alkanes) is 1. The van der Waals surface area contributed by atoms with E-state index < -0.39 is 0 Å². The van der Waals surface area contributed by atoms with E-state index >= 15 is 0 Å². The molecule has 0 aromatic rings. The van der Waals surface area contributed by atoms with Gasteiger partial charge >= 0.3 is 0 Å². The third-order valence-corrected chi connectivity index (χ3v) is 6.66. The molecule has 1 aliphatic heterocycles. The first-order chi connectivity index (χ1) is 11.9. The normalized spacial score (nSPS) is 30.3. The van der Waals surface area contributed by atoms with Gasteiger partial charge in [0.2, 0.25) is 0 Å². The van der Waals surface area contributed by atoms with Crippen LogP contribution in [0.3, 0.4) is 0 Å². The minimum Gasteiger partial charge on any atom is -0.347 e. The molecule has 2 rings (SSSR count). The second-order valence-corrected chi connectivity index (χ2v) is 8.81. The summed E-state index contributed by atoms with van der Waals surface area (Å²) >= 11 is 0. The summed E-state index contributed by atoms with van der Waals surface area (Å²) in [6.45, 7) is 17.3. The Morgan fingerprint density at radius 2 is 1.92 bits per heavy atom. The van der Waals surface area contributed by atoms with E-state index in [1.54, 1.807) is 0 Å². The van der Waals surface area contributed by atoms with Crippen LogP contribution in [-0.2, 0) is 9.47 Å². The first-order valence-electron chi connectivity index (χ1n) is 10.6. The zero-order valence-corrected chi connectivity index (χ0v) is 17.2. The minimum atomic E-state index is -0.266. The Morgan fingerprint density at radius 1 is 1.20 bits per heavy atom. The Kier molecular flexibility index (Phi) is 7.97. The van der Waals surface area contributed by atoms with E-state index in [1.807, 2.05) is 6.08 Å². The molecule has 1 heterocycles. The molecule has 1 saturated carbocycles. The highest BCUT2D eigenvalue weighted by atomic mass is 16.7. The molecule has 146 valence electrons. The van der Waals surface area contributed by atoms with Gasteiger partial charge < -0.3 is 9.47 Å². The van der Waals surface area contributed by atoms with Crippen LogP contribution in [0.5, 0.6) is 0 Å². The molecule has 1 saturated heterocycles. The van der Waals surface area contributed by atoms with Crippen molar-refractivity contribution in [1.29, 1.82) is 0 Å². The maximum absolute atomic E-state index is 6.44. The summed E-state index contributed by atoms with van der Waals surface area (Å²) in [6.07, 6.45) is 11.7. The van der Waals surface area contributed by atoms with Gasteiger partial charge in [0.05, 0.1) is 12.7 Å². The highest BCUT2D eigenvalue weighted by Crippen LogP contribution is 2.47. The maximum atomic E-state index is 6.44. The molecule has 0 amide bonds. The second-order valence-electron chi connectivity index (χ2n) is 8.81. The first kappa shape index (κ1) is 20.9. The summed E-state index contributed by atoms with van der Waals surface area (Å²) in [7, 11) is 0. The van der Waals surface area contributed by atoms with Gasteiger partial charge in [-0.2, -0.15) is 0 Å². The van der Waals surface area contributed by atoms with Crippen LogP contribution in [0.4, 0.5) is 0 Å². The Morgan fingerprint density at radius 3 is 2.52 bits per heavy atom. The van der Waals surface area contributed by atoms with Gasteiger partial charge in [-0.1, -0.05) is 46.6 Å². The van der Waals surface area contributed by atoms with E-state index in [1.165, 1.54) is 32.1 Å². The molecule has 1 atom stereocenters. The lowest BCUT2D eigenvalue weighted by atomic mass is 9.68. The molecule has 25 heavy (non-hydrogen) atoms. The smallest absolute Gasteiger partial charge is 0.168 e. The van der Waals surface area contributed by atoms with Gasteiger partial charge in [-0.25, -0.2) is 0 Å². The van der Waals surface area contributed by atoms with Crippen molar-refractivity contribution in [2.24, 2.45) is 11.3 Å². The molecule has 1 spiro atoms. The molecule has 2 aliphatic rings. The number of hydrogen-bond donors (Lipinski definition) is 0. The zero-order valence-electron chi connectivity index (χ0n) is 17.2. The molecule has 3 heteroatoms. The van der Waals surface area contributed by atoms with Crippen LogP contribution in [0.2, 0.25) is 0 Å². The predicted octanol–water partition coefficient (Wildman–Crippen LogP) is 5.40. The summed E-state index contributed by atoms with van der Waals surface area (Å²) in [5, 5.41) is 0. The van der Waals surface area contributed by atoms with Crippen LogP contribution in [0.15, 0.2) is 12.7 Å². The molecule has 1 unspecified atom stereocenters. The van der Waals surface area contributed by atoms with Crippen molar-refractivity contribution in [2.75, 3.05) is 26.2 Å². The summed E-state index contributed by atoms with van der Waals surface area (Å²) in [4.78, 5) is 2.49. The molecule has 0 radical (unpaired) electrons. The lowest BCUT2D eigenvalue weighted by Gasteiger charge is -2.42. The van der Waals surface area contributed by atoms with Crippen LogP contribution < -0.4 is 0 Å². The Labute approximate surface area is 156 Å². The van der Waals surface area contributed by atoms with Crippen LogP contribution in [0.25, 0.3) is 0 Å². The fourth-order valence-corrected chi connectivity index (χ4v) is 4.33. The van der Waals surface area contributed by atoms with E-state index in [4.69, 9.17) is 9.47 Å². The van der Waals surface area contributed by atoms with Crippen LogP contribution in [0.1, 0.15) is 79.1 Å². The number of ether oxygens (including phenoxy) is 2. The summed E-state index contributed by atoms with van der Waals surface area (Å²) in [5.74, 6) is 0.545. The average molecular weight is 352 g/mol. The van der Waals surface area contributed by atoms with Crippen molar-refractivity contribution in [3.8, 4) is 0 Å². The molecule has 0 aromatic carbocycles. The first-order valence-corrected chi connectivity index (χ1v) is 10.6. The summed E-state index contributed by atoms with van der Waals surface area (Å²) < 4.78 is 12.6. The maximum Gasteiger partial charge on any atom is 0.168 e. The van der Waals surface area contributed by atoms with E-state index in [9.17, 15) is 0 Å². The Bertz CT molecular complexity index is 399. The monoisotopic (exact) mass is 351 g/mol. The van der Waals surface area contributed by atoms with E-state index in [-0.39, 0.29) is 11.9 Å². The molecule has 3 nitrogen and oxygen atoms in total. The van der Waals surface area contributed by atoms with Crippen LogP contribution >= 0.6 is 0 Å². The molecule has 0 aromatic heterocycles. The quantitative estimate of drug-likeness (QED) is 0.492. The standard InChI is InChI=1S/C22H41NO2/c1-6-9-16-23(15-7-2)17-12-20-18-24-22(25-20)13-10-19(11-14-22)21(4,5)8-3/h7,19-20H,2,6,8-18H2,1,3-5H3. The van der Waals surface area contributed by atoms with E-state index in [0.29, 0.717) is 5.41 Å². The van der Waals surface area contributed by atoms with Gasteiger partial charge in [0.25, 0.3) is 0 Å². The average Bonchev–Trinajstić information content (AvgIpc) is 3.00. The van der Waals surface area contributed by atoms with Gasteiger partial charge in [0.15, 0.2) is 5.79 Å². The lowest BCUT2D eigenvalue weighted by molar-refractivity contribution is -0.197. The van der Waals surface area contributed by atoms with Gasteiger partial charge in [0.1, 0.15) is 0 Å². The Balaban J connectivity index is 1.76. The van der Waals surface area contributed by atoms with Crippen molar-refractivity contribution >= 4 is 0 Å². The van der Waals surface area contributed by atoms with Crippen molar-refractivity contribution in [2.45, 2.75) is 91.0 Å². The molecule has 0 bridgehead atoms. The van der Waals surface area contributed by atoms with E-state index in [2.05, 4.69) is 39.2 Å². The molecule has 1 aliphatic carbocycles. The SMILES string of the molecule is C=CCN(CCCC)CCC1COC2(CCC(C(C)(C)CC)CC2)O1. The summed E-state index contributed by atoms with van der Waals surface area (Å²) in [5.41, 5.74) is 0.448. The third-order valence-electron chi connectivity index (χ3n) is 6.66. The largest absolute Gasteiger partial charge is 0.347 e. The fraction of sp³-hybridized carbons (Fsp3) is 0.909. The molecular formula is C22H41NO2. The van der Waals surface area contributed by atoms with Crippen molar-refractivity contribution in [3.05, 3.63) is 12.7 Å². The van der Waals surface area contributed by atoms with Crippen molar-refractivity contribution in [1.82, 2.24) is 4.90 Å². The van der Waals surface area contributed by atoms with Gasteiger partial charge in [0, 0.05) is 25.9 Å². The van der Waals surface area contributed by atoms with Crippen LogP contribution in [-0.4, -0.2) is 43.0 Å². The highest BCUT2D eigenvalue weighted by molar-refractivity contribution is 4.90. The third kappa shape index (κ3) is 5.80. The molecule has 0 N–H and O–H groups in total.